The first-order chi connectivity index (χ1) is 12.0. The van der Waals surface area contributed by atoms with Gasteiger partial charge in [0.2, 0.25) is 11.6 Å². The molecular weight excluding hydrogens is 348 g/mol. The van der Waals surface area contributed by atoms with Crippen molar-refractivity contribution in [2.45, 2.75) is 51.3 Å². The highest BCUT2D eigenvalue weighted by molar-refractivity contribution is 7.90. The summed E-state index contributed by atoms with van der Waals surface area (Å²) in [6, 6.07) is 10.9. The van der Waals surface area contributed by atoms with Gasteiger partial charge in [0.1, 0.15) is 0 Å². The molecule has 0 unspecified atom stereocenters. The van der Waals surface area contributed by atoms with Crippen LogP contribution in [0, 0.1) is 6.92 Å². The lowest BCUT2D eigenvalue weighted by atomic mass is 10.0. The second-order valence-corrected chi connectivity index (χ2v) is 8.62. The number of rotatable bonds is 5. The maximum absolute atomic E-state index is 12.1. The van der Waals surface area contributed by atoms with Crippen LogP contribution in [0.15, 0.2) is 45.7 Å². The van der Waals surface area contributed by atoms with Gasteiger partial charge in [-0.05, 0) is 24.6 Å². The van der Waals surface area contributed by atoms with Crippen molar-refractivity contribution in [2.75, 3.05) is 0 Å². The summed E-state index contributed by atoms with van der Waals surface area (Å²) in [6.45, 7) is 10.7. The molecule has 2 rings (SSSR count). The van der Waals surface area contributed by atoms with E-state index in [1.165, 1.54) is 29.1 Å². The zero-order chi connectivity index (χ0) is 19.6. The number of hydrogen-bond donors (Lipinski definition) is 2. The largest absolute Gasteiger partial charge is 0.369 e. The predicted molar refractivity (Wildman–Crippen MR) is 104 cm³/mol. The lowest BCUT2D eigenvalue weighted by Gasteiger charge is -2.14. The minimum atomic E-state index is -3.89. The Labute approximate surface area is 155 Å². The molecule has 0 aliphatic carbocycles. The molecule has 7 heteroatoms. The van der Waals surface area contributed by atoms with Crippen LogP contribution in [0.1, 0.15) is 56.5 Å². The van der Waals surface area contributed by atoms with Gasteiger partial charge in [0.25, 0.3) is 10.0 Å². The Kier molecular flexibility index (Phi) is 5.71. The first-order valence-corrected chi connectivity index (χ1v) is 9.99. The van der Waals surface area contributed by atoms with Gasteiger partial charge in [-0.15, -0.1) is 4.40 Å². The van der Waals surface area contributed by atoms with Crippen LogP contribution in [0.5, 0.6) is 0 Å². The van der Waals surface area contributed by atoms with Gasteiger partial charge < -0.3 is 11.5 Å². The summed E-state index contributed by atoms with van der Waals surface area (Å²) >= 11 is 0. The molecule has 6 nitrogen and oxygen atoms in total. The summed E-state index contributed by atoms with van der Waals surface area (Å²) in [5.41, 5.74) is 14.9. The molecule has 0 fully saturated rings. The van der Waals surface area contributed by atoms with E-state index in [1.807, 2.05) is 0 Å². The molecule has 0 saturated heterocycles. The van der Waals surface area contributed by atoms with Gasteiger partial charge >= 0.3 is 0 Å². The zero-order valence-corrected chi connectivity index (χ0v) is 16.7. The van der Waals surface area contributed by atoms with E-state index in [4.69, 9.17) is 11.5 Å². The first kappa shape index (κ1) is 19.9. The molecule has 0 radical (unpaired) electrons. The SMILES string of the molecule is Cc1cc(C(C)C)[n+](-c2ccc(S(=O)(=O)N=C(N)N)cc2)c(C(C)C)c1. The highest BCUT2D eigenvalue weighted by atomic mass is 32.2. The molecule has 26 heavy (non-hydrogen) atoms. The summed E-state index contributed by atoms with van der Waals surface area (Å²) in [4.78, 5) is 0.0551. The molecule has 0 atom stereocenters. The average molecular weight is 376 g/mol. The van der Waals surface area contributed by atoms with Gasteiger partial charge in [-0.2, -0.15) is 13.0 Å². The highest BCUT2D eigenvalue weighted by Gasteiger charge is 2.25. The third kappa shape index (κ3) is 4.22. The molecule has 0 amide bonds. The minimum Gasteiger partial charge on any atom is -0.369 e. The summed E-state index contributed by atoms with van der Waals surface area (Å²) < 4.78 is 29.8. The van der Waals surface area contributed by atoms with E-state index in [0.29, 0.717) is 11.8 Å². The van der Waals surface area contributed by atoms with Gasteiger partial charge in [0.15, 0.2) is 11.4 Å². The summed E-state index contributed by atoms with van der Waals surface area (Å²) in [7, 11) is -3.89. The quantitative estimate of drug-likeness (QED) is 0.476. The van der Waals surface area contributed by atoms with Crippen molar-refractivity contribution < 1.29 is 13.0 Å². The van der Waals surface area contributed by atoms with E-state index in [-0.39, 0.29) is 4.90 Å². The molecule has 1 aromatic carbocycles. The van der Waals surface area contributed by atoms with Crippen LogP contribution in [0.3, 0.4) is 0 Å². The van der Waals surface area contributed by atoms with E-state index in [0.717, 1.165) is 5.69 Å². The Morgan fingerprint density at radius 2 is 1.42 bits per heavy atom. The topological polar surface area (TPSA) is 102 Å². The summed E-state index contributed by atoms with van der Waals surface area (Å²) in [5.74, 6) is 0.154. The number of guanidine groups is 1. The molecule has 0 saturated carbocycles. The Balaban J connectivity index is 2.65. The molecule has 0 spiro atoms. The van der Waals surface area contributed by atoms with Crippen molar-refractivity contribution in [3.63, 3.8) is 0 Å². The summed E-state index contributed by atoms with van der Waals surface area (Å²) in [5, 5.41) is 0. The van der Waals surface area contributed by atoms with Crippen molar-refractivity contribution in [1.29, 1.82) is 0 Å². The minimum absolute atomic E-state index is 0.0551. The number of nitrogens with two attached hydrogens (primary N) is 2. The van der Waals surface area contributed by atoms with Gasteiger partial charge in [-0.1, -0.05) is 27.7 Å². The second-order valence-electron chi connectivity index (χ2n) is 7.01. The predicted octanol–water partition coefficient (Wildman–Crippen LogP) is 2.48. The normalized spacial score (nSPS) is 11.8. The Hall–Kier alpha value is -2.41. The van der Waals surface area contributed by atoms with E-state index in [2.05, 4.69) is 55.7 Å². The lowest BCUT2D eigenvalue weighted by Crippen LogP contribution is -2.41. The maximum Gasteiger partial charge on any atom is 0.285 e. The fourth-order valence-corrected chi connectivity index (χ4v) is 3.76. The molecule has 1 aromatic heterocycles. The number of nitrogens with zero attached hydrogens (tertiary/aromatic N) is 2. The Morgan fingerprint density at radius 3 is 1.81 bits per heavy atom. The molecule has 0 aliphatic rings. The van der Waals surface area contributed by atoms with Crippen molar-refractivity contribution in [1.82, 2.24) is 0 Å². The average Bonchev–Trinajstić information content (AvgIpc) is 2.52. The van der Waals surface area contributed by atoms with Gasteiger partial charge in [0, 0.05) is 36.1 Å². The Morgan fingerprint density at radius 1 is 0.962 bits per heavy atom. The van der Waals surface area contributed by atoms with E-state index >= 15 is 0 Å². The van der Waals surface area contributed by atoms with Gasteiger partial charge in [-0.3, -0.25) is 0 Å². The maximum atomic E-state index is 12.1. The second kappa shape index (κ2) is 7.45. The van der Waals surface area contributed by atoms with E-state index in [1.54, 1.807) is 12.1 Å². The fraction of sp³-hybridized carbons (Fsp3) is 0.368. The molecular formula is C19H27N4O2S+. The fourth-order valence-electron chi connectivity index (χ4n) is 2.89. The van der Waals surface area contributed by atoms with Crippen LogP contribution < -0.4 is 16.0 Å². The molecule has 2 aromatic rings. The standard InChI is InChI=1S/C19H27N4O2S/c1-12(2)17-10-14(5)11-18(13(3)4)23(17)15-6-8-16(9-7-15)26(24,25)22-19(20)21/h6-13H,1-5H3,(H4,20,21,22)/q+1. The van der Waals surface area contributed by atoms with Crippen molar-refractivity contribution in [3.05, 3.63) is 53.3 Å². The smallest absolute Gasteiger partial charge is 0.285 e. The van der Waals surface area contributed by atoms with Crippen molar-refractivity contribution >= 4 is 16.0 Å². The lowest BCUT2D eigenvalue weighted by molar-refractivity contribution is -0.615. The van der Waals surface area contributed by atoms with Gasteiger partial charge in [0.05, 0.1) is 4.90 Å². The zero-order valence-electron chi connectivity index (χ0n) is 15.9. The molecule has 4 N–H and O–H groups in total. The summed E-state index contributed by atoms with van der Waals surface area (Å²) in [6.07, 6.45) is 0. The van der Waals surface area contributed by atoms with Gasteiger partial charge in [-0.25, -0.2) is 0 Å². The number of hydrogen-bond acceptors (Lipinski definition) is 2. The van der Waals surface area contributed by atoms with E-state index < -0.39 is 16.0 Å². The number of aromatic nitrogens is 1. The number of benzene rings is 1. The molecule has 0 bridgehead atoms. The molecule has 0 aliphatic heterocycles. The monoisotopic (exact) mass is 375 g/mol. The third-order valence-corrected chi connectivity index (χ3v) is 5.39. The van der Waals surface area contributed by atoms with Crippen molar-refractivity contribution in [2.24, 2.45) is 15.9 Å². The Bertz CT molecular complexity index is 898. The van der Waals surface area contributed by atoms with Crippen LogP contribution in [0.4, 0.5) is 0 Å². The van der Waals surface area contributed by atoms with Crippen LogP contribution in [-0.2, 0) is 10.0 Å². The van der Waals surface area contributed by atoms with Crippen LogP contribution >= 0.6 is 0 Å². The van der Waals surface area contributed by atoms with Crippen LogP contribution in [-0.4, -0.2) is 14.4 Å². The highest BCUT2D eigenvalue weighted by Crippen LogP contribution is 2.21. The van der Waals surface area contributed by atoms with E-state index in [9.17, 15) is 8.42 Å². The third-order valence-electron chi connectivity index (χ3n) is 4.07. The number of pyridine rings is 1. The number of sulfonamides is 1. The van der Waals surface area contributed by atoms with Crippen molar-refractivity contribution in [3.8, 4) is 5.69 Å². The van der Waals surface area contributed by atoms with Crippen LogP contribution in [0.2, 0.25) is 0 Å². The van der Waals surface area contributed by atoms with Crippen LogP contribution in [0.25, 0.3) is 5.69 Å². The molecule has 1 heterocycles. The first-order valence-electron chi connectivity index (χ1n) is 8.55. The number of aryl methyl sites for hydroxylation is 1. The molecule has 140 valence electrons.